The van der Waals surface area contributed by atoms with Gasteiger partial charge in [0.25, 0.3) is 0 Å². The van der Waals surface area contributed by atoms with Crippen LogP contribution in [0.1, 0.15) is 84.6 Å². The van der Waals surface area contributed by atoms with Crippen LogP contribution in [0.5, 0.6) is 0 Å². The molecule has 6 rings (SSSR count). The normalized spacial score (nSPS) is 12.6. The second-order valence-corrected chi connectivity index (χ2v) is 16.0. The average molecular weight is 604 g/mol. The van der Waals surface area contributed by atoms with E-state index < -0.39 is 0 Å². The molecular weight excluding hydrogens is 555 g/mol. The van der Waals surface area contributed by atoms with Crippen molar-refractivity contribution in [2.45, 2.75) is 85.5 Å². The maximum atomic E-state index is 2.53. The summed E-state index contributed by atoms with van der Waals surface area (Å²) >= 11 is 0. The molecule has 0 radical (unpaired) electrons. The van der Waals surface area contributed by atoms with Crippen molar-refractivity contribution in [2.75, 3.05) is 4.90 Å². The minimum atomic E-state index is 0.0224. The summed E-state index contributed by atoms with van der Waals surface area (Å²) in [5.74, 6) is 0. The molecule has 0 amide bonds. The van der Waals surface area contributed by atoms with E-state index in [0.29, 0.717) is 0 Å². The van der Waals surface area contributed by atoms with Crippen LogP contribution in [0.15, 0.2) is 115 Å². The maximum absolute atomic E-state index is 2.53. The number of nitrogens with zero attached hydrogens (tertiary/aromatic N) is 1. The van der Waals surface area contributed by atoms with Gasteiger partial charge in [0.05, 0.1) is 5.69 Å². The van der Waals surface area contributed by atoms with Gasteiger partial charge in [-0.1, -0.05) is 141 Å². The van der Waals surface area contributed by atoms with E-state index >= 15 is 0 Å². The summed E-state index contributed by atoms with van der Waals surface area (Å²) in [7, 11) is 0. The Hall–Kier alpha value is -4.36. The van der Waals surface area contributed by atoms with E-state index in [-0.39, 0.29) is 16.2 Å². The molecule has 234 valence electrons. The molecule has 0 aliphatic carbocycles. The van der Waals surface area contributed by atoms with Crippen LogP contribution >= 0.6 is 0 Å². The molecule has 0 saturated heterocycles. The molecule has 0 N–H and O–H groups in total. The maximum Gasteiger partial charge on any atom is 0.0618 e. The summed E-state index contributed by atoms with van der Waals surface area (Å²) in [6.07, 6.45) is 0. The molecule has 1 nitrogen and oxygen atoms in total. The van der Waals surface area contributed by atoms with E-state index in [1.807, 2.05) is 0 Å². The largest absolute Gasteiger partial charge is 0.309 e. The third-order valence-corrected chi connectivity index (χ3v) is 9.49. The van der Waals surface area contributed by atoms with Crippen LogP contribution in [0, 0.1) is 6.92 Å². The Balaban J connectivity index is 1.77. The van der Waals surface area contributed by atoms with Gasteiger partial charge >= 0.3 is 0 Å². The molecule has 6 aromatic rings. The highest BCUT2D eigenvalue weighted by Crippen LogP contribution is 2.48. The minimum Gasteiger partial charge on any atom is -0.309 e. The van der Waals surface area contributed by atoms with Gasteiger partial charge in [-0.2, -0.15) is 0 Å². The Kier molecular flexibility index (Phi) is 7.88. The van der Waals surface area contributed by atoms with E-state index in [4.69, 9.17) is 0 Å². The summed E-state index contributed by atoms with van der Waals surface area (Å²) in [6.45, 7) is 23.0. The highest BCUT2D eigenvalue weighted by atomic mass is 15.1. The van der Waals surface area contributed by atoms with Crippen LogP contribution in [-0.4, -0.2) is 0 Å². The molecule has 0 aliphatic rings. The number of rotatable bonds is 4. The molecule has 0 fully saturated rings. The molecular formula is C45H49N. The quantitative estimate of drug-likeness (QED) is 0.181. The molecule has 0 bridgehead atoms. The van der Waals surface area contributed by atoms with E-state index in [2.05, 4.69) is 189 Å². The molecule has 46 heavy (non-hydrogen) atoms. The van der Waals surface area contributed by atoms with Crippen molar-refractivity contribution < 1.29 is 0 Å². The third kappa shape index (κ3) is 5.96. The van der Waals surface area contributed by atoms with Gasteiger partial charge in [-0.15, -0.1) is 0 Å². The standard InChI is InChI=1S/C45H49N/c1-30-38-25-23-35(45(8,9)10)29-41(38)42(39-24-22-32(26-40(30)39)31-16-12-11-13-17-31)46(36-20-14-18-33(27-36)43(2,3)4)37-21-15-19-34(28-37)44(5,6)7/h11-29H,1-10H3. The van der Waals surface area contributed by atoms with Gasteiger partial charge in [0.15, 0.2) is 0 Å². The van der Waals surface area contributed by atoms with Crippen molar-refractivity contribution in [1.29, 1.82) is 0 Å². The molecule has 0 unspecified atom stereocenters. The molecule has 0 aliphatic heterocycles. The van der Waals surface area contributed by atoms with Crippen molar-refractivity contribution in [1.82, 2.24) is 0 Å². The first-order valence-electron chi connectivity index (χ1n) is 16.7. The van der Waals surface area contributed by atoms with Gasteiger partial charge in [0, 0.05) is 22.1 Å². The van der Waals surface area contributed by atoms with Crippen LogP contribution in [0.4, 0.5) is 17.1 Å². The van der Waals surface area contributed by atoms with Crippen molar-refractivity contribution in [3.05, 3.63) is 138 Å². The smallest absolute Gasteiger partial charge is 0.0618 e. The Morgan fingerprint density at radius 2 is 0.913 bits per heavy atom. The zero-order valence-corrected chi connectivity index (χ0v) is 29.4. The zero-order valence-electron chi connectivity index (χ0n) is 29.4. The number of fused-ring (bicyclic) bond motifs is 2. The van der Waals surface area contributed by atoms with Crippen LogP contribution in [-0.2, 0) is 16.2 Å². The minimum absolute atomic E-state index is 0.0224. The highest BCUT2D eigenvalue weighted by Gasteiger charge is 2.25. The molecule has 0 aromatic heterocycles. The summed E-state index contributed by atoms with van der Waals surface area (Å²) in [5, 5.41) is 5.13. The van der Waals surface area contributed by atoms with Crippen LogP contribution in [0.3, 0.4) is 0 Å². The SMILES string of the molecule is Cc1c2cc(-c3ccccc3)ccc2c(N(c2cccc(C(C)(C)C)c2)c2cccc(C(C)(C)C)c2)c2cc(C(C)(C)C)ccc12. The van der Waals surface area contributed by atoms with Gasteiger partial charge in [-0.25, -0.2) is 0 Å². The number of aryl methyl sites for hydroxylation is 1. The predicted molar refractivity (Wildman–Crippen MR) is 202 cm³/mol. The summed E-state index contributed by atoms with van der Waals surface area (Å²) in [4.78, 5) is 2.53. The first-order valence-corrected chi connectivity index (χ1v) is 16.7. The van der Waals surface area contributed by atoms with Crippen molar-refractivity contribution in [2.24, 2.45) is 0 Å². The van der Waals surface area contributed by atoms with Crippen molar-refractivity contribution in [3.63, 3.8) is 0 Å². The van der Waals surface area contributed by atoms with Crippen LogP contribution < -0.4 is 4.90 Å². The number of hydrogen-bond donors (Lipinski definition) is 0. The van der Waals surface area contributed by atoms with Crippen molar-refractivity contribution >= 4 is 38.6 Å². The Bertz CT molecular complexity index is 1990. The number of hydrogen-bond acceptors (Lipinski definition) is 1. The molecule has 1 heteroatoms. The molecule has 0 saturated carbocycles. The Morgan fingerprint density at radius 1 is 0.391 bits per heavy atom. The van der Waals surface area contributed by atoms with Crippen molar-refractivity contribution in [3.8, 4) is 11.1 Å². The third-order valence-electron chi connectivity index (χ3n) is 9.49. The first-order chi connectivity index (χ1) is 21.6. The fourth-order valence-electron chi connectivity index (χ4n) is 6.57. The summed E-state index contributed by atoms with van der Waals surface area (Å²) < 4.78 is 0. The zero-order chi connectivity index (χ0) is 33.0. The average Bonchev–Trinajstić information content (AvgIpc) is 3.02. The topological polar surface area (TPSA) is 3.24 Å². The van der Waals surface area contributed by atoms with Gasteiger partial charge < -0.3 is 4.90 Å². The lowest BCUT2D eigenvalue weighted by atomic mass is 9.83. The second kappa shape index (κ2) is 11.5. The fraction of sp³-hybridized carbons (Fsp3) is 0.289. The lowest BCUT2D eigenvalue weighted by molar-refractivity contribution is 0.590. The molecule has 0 heterocycles. The summed E-state index contributed by atoms with van der Waals surface area (Å²) in [5.41, 5.74) is 11.4. The molecule has 0 spiro atoms. The number of anilines is 3. The van der Waals surface area contributed by atoms with Crippen LogP contribution in [0.25, 0.3) is 32.7 Å². The summed E-state index contributed by atoms with van der Waals surface area (Å²) in [6, 6.07) is 43.3. The van der Waals surface area contributed by atoms with Gasteiger partial charge in [0.1, 0.15) is 0 Å². The monoisotopic (exact) mass is 603 g/mol. The lowest BCUT2D eigenvalue weighted by Crippen LogP contribution is -2.17. The predicted octanol–water partition coefficient (Wildman–Crippen LogP) is 13.3. The van der Waals surface area contributed by atoms with Gasteiger partial charge in [0.2, 0.25) is 0 Å². The molecule has 6 aromatic carbocycles. The lowest BCUT2D eigenvalue weighted by Gasteiger charge is -2.32. The first kappa shape index (κ1) is 31.6. The van der Waals surface area contributed by atoms with Gasteiger partial charge in [-0.05, 0) is 104 Å². The van der Waals surface area contributed by atoms with E-state index in [1.165, 1.54) is 72.0 Å². The van der Waals surface area contributed by atoms with E-state index in [9.17, 15) is 0 Å². The van der Waals surface area contributed by atoms with E-state index in [1.54, 1.807) is 0 Å². The van der Waals surface area contributed by atoms with E-state index in [0.717, 1.165) is 0 Å². The number of benzene rings is 6. The Labute approximate surface area is 276 Å². The fourth-order valence-corrected chi connectivity index (χ4v) is 6.57. The Morgan fingerprint density at radius 3 is 1.46 bits per heavy atom. The highest BCUT2D eigenvalue weighted by molar-refractivity contribution is 6.17. The molecule has 0 atom stereocenters. The van der Waals surface area contributed by atoms with Gasteiger partial charge in [-0.3, -0.25) is 0 Å². The van der Waals surface area contributed by atoms with Crippen LogP contribution in [0.2, 0.25) is 0 Å². The second-order valence-electron chi connectivity index (χ2n) is 16.0.